The Labute approximate surface area is 877 Å². The van der Waals surface area contributed by atoms with Gasteiger partial charge in [-0.15, -0.1) is 0 Å². The molecule has 8 heterocycles. The average molecular weight is 2020 g/mol. The third kappa shape index (κ3) is 38.0. The lowest BCUT2D eigenvalue weighted by molar-refractivity contribution is 0.427. The Morgan fingerprint density at radius 2 is 0.480 bits per heavy atom. The molecular formula is C108H160N40. The van der Waals surface area contributed by atoms with Crippen molar-refractivity contribution in [3.63, 3.8) is 0 Å². The van der Waals surface area contributed by atoms with Crippen molar-refractivity contribution in [2.45, 2.75) is 156 Å². The van der Waals surface area contributed by atoms with E-state index in [1.165, 1.54) is 33.4 Å². The van der Waals surface area contributed by atoms with Gasteiger partial charge >= 0.3 is 0 Å². The smallest absolute Gasteiger partial charge is 0.209 e. The summed E-state index contributed by atoms with van der Waals surface area (Å²) in [4.78, 5) is 93.5. The van der Waals surface area contributed by atoms with Gasteiger partial charge in [0.25, 0.3) is 0 Å². The fourth-order valence-electron chi connectivity index (χ4n) is 15.6. The molecule has 8 atom stereocenters. The predicted molar refractivity (Wildman–Crippen MR) is 617 cm³/mol. The van der Waals surface area contributed by atoms with Gasteiger partial charge in [0.15, 0.2) is 47.7 Å². The van der Waals surface area contributed by atoms with Crippen LogP contribution in [0, 0.1) is 0 Å². The number of para-hydroxylation sites is 2. The molecule has 0 amide bonds. The molecule has 40 heteroatoms. The monoisotopic (exact) mass is 2020 g/mol. The zero-order valence-corrected chi connectivity index (χ0v) is 91.0. The van der Waals surface area contributed by atoms with Crippen LogP contribution in [0.2, 0.25) is 0 Å². The van der Waals surface area contributed by atoms with Crippen molar-refractivity contribution in [1.82, 2.24) is 91.5 Å². The van der Waals surface area contributed by atoms with E-state index in [0.717, 1.165) is 161 Å². The van der Waals surface area contributed by atoms with E-state index in [0.29, 0.717) is 23.8 Å². The van der Waals surface area contributed by atoms with Crippen molar-refractivity contribution in [2.75, 3.05) is 149 Å². The van der Waals surface area contributed by atoms with Crippen LogP contribution in [0.25, 0.3) is 0 Å². The number of rotatable bonds is 20. The van der Waals surface area contributed by atoms with Gasteiger partial charge in [0.2, 0.25) is 47.7 Å². The lowest BCUT2D eigenvalue weighted by atomic mass is 10.1. The summed E-state index contributed by atoms with van der Waals surface area (Å²) in [5.41, 5.74) is 33.5. The lowest BCUT2D eigenvalue weighted by Crippen LogP contribution is -2.54. The number of hydrogen-bond donors (Lipinski definition) is 12. The Kier molecular flexibility index (Phi) is 46.6. The molecule has 16 rings (SSSR count). The summed E-state index contributed by atoms with van der Waals surface area (Å²) in [5, 5.41) is 25.3. The van der Waals surface area contributed by atoms with E-state index in [-0.39, 0.29) is 49.3 Å². The van der Waals surface area contributed by atoms with Crippen LogP contribution >= 0.6 is 0 Å². The van der Waals surface area contributed by atoms with E-state index >= 15 is 0 Å². The summed E-state index contributed by atoms with van der Waals surface area (Å²) in [6.45, 7) is 21.1. The van der Waals surface area contributed by atoms with Gasteiger partial charge in [0, 0.05) is 163 Å². The number of likely N-dealkylation sites (N-methyl/N-ethyl adjacent to an activating group) is 2. The van der Waals surface area contributed by atoms with Gasteiger partial charge < -0.3 is 83.4 Å². The summed E-state index contributed by atoms with van der Waals surface area (Å²) in [5.74, 6) is 11.9. The number of hydrogen-bond acceptors (Lipinski definition) is 32. The Bertz CT molecular complexity index is 5870. The van der Waals surface area contributed by atoms with Crippen molar-refractivity contribution < 1.29 is 0 Å². The van der Waals surface area contributed by atoms with E-state index in [1.54, 1.807) is 33.1 Å². The summed E-state index contributed by atoms with van der Waals surface area (Å²) in [7, 11) is 30.7. The maximum Gasteiger partial charge on any atom is 0.209 e. The molecule has 0 saturated heterocycles. The van der Waals surface area contributed by atoms with Crippen molar-refractivity contribution in [2.24, 2.45) is 103 Å². The number of aryl methyl sites for hydroxylation is 2. The highest BCUT2D eigenvalue weighted by molar-refractivity contribution is 6.09. The molecule has 0 saturated carbocycles. The molecular weight excluding hydrogens is 1860 g/mol. The third-order valence-corrected chi connectivity index (χ3v) is 23.8. The number of nitrogens with zero attached hydrogens (tertiary/aromatic N) is 28. The maximum absolute atomic E-state index is 5.89. The highest BCUT2D eigenvalue weighted by Crippen LogP contribution is 2.20. The van der Waals surface area contributed by atoms with E-state index in [9.17, 15) is 0 Å². The zero-order chi connectivity index (χ0) is 107. The number of aliphatic imine (C=N–C) groups is 16. The minimum absolute atomic E-state index is 0.0242. The number of nitrogens with one attached hydrogen (secondary N) is 8. The van der Waals surface area contributed by atoms with Crippen LogP contribution in [0.3, 0.4) is 0 Å². The number of nitrogens with two attached hydrogens (primary N) is 4. The second-order valence-corrected chi connectivity index (χ2v) is 36.1. The summed E-state index contributed by atoms with van der Waals surface area (Å²) < 4.78 is 0. The first-order valence-corrected chi connectivity index (χ1v) is 50.1. The summed E-state index contributed by atoms with van der Waals surface area (Å²) in [6.07, 6.45) is 6.03. The first-order chi connectivity index (χ1) is 71.1. The van der Waals surface area contributed by atoms with Crippen LogP contribution in [0.1, 0.15) is 102 Å². The molecule has 8 aromatic carbocycles. The van der Waals surface area contributed by atoms with Crippen LogP contribution in [-0.4, -0.2) is 333 Å². The van der Waals surface area contributed by atoms with Gasteiger partial charge in [-0.1, -0.05) is 218 Å². The molecule has 148 heavy (non-hydrogen) atoms. The average Bonchev–Trinajstić information content (AvgIpc) is 0.814. The minimum Gasteiger partial charge on any atom is -0.369 e. The maximum atomic E-state index is 5.89. The third-order valence-electron chi connectivity index (χ3n) is 23.8. The van der Waals surface area contributed by atoms with Crippen LogP contribution in [0.15, 0.2) is 323 Å². The van der Waals surface area contributed by atoms with Crippen molar-refractivity contribution >= 4 is 107 Å². The van der Waals surface area contributed by atoms with Crippen LogP contribution < -0.4 is 75.3 Å². The highest BCUT2D eigenvalue weighted by Gasteiger charge is 2.28. The molecule has 0 aromatic heterocycles. The standard InChI is InChI=1S/2C15H23N5.2C14H21N5.2C13H19N5.2C12H17N5/c1-12-17-14(16)20(3)15(18-12)19(2)11-7-10-13-8-5-4-6-9-13;1-12-17-14(16-2)19-15(18-12)20(3)11-7-10-13-8-5-4-6-9-13;1-11-16-13(15)19(3)14(17-11)18(2)10-9-12-7-5-4-6-8-12;1-11-16-13(15-2)18-14(17-11)19(3)10-9-12-7-5-4-6-8-12;1-10-15-12(14)18(3)13(16-10)17(2)9-11-7-5-4-6-8-11;1-10-15-12(14-2)17-13(16-10)18(3)9-11-7-5-4-6-8-11;1-9-14-11(13)17(3)12(15-9)16(2)10-7-5-4-6-8-10;1-9-14-11(13-2)16-12(15-9)17(3)10-7-5-4-6-8-10/h4-6,8-9,12H,7,10-11H2,1-3H3,(H2,16,17);4-6,8-9,12H,7,10-11H2,1-3H3,(H2,16,17,18,19);4-8,11H,9-10H2,1-3H3,(H2,15,16);4-8,11H,9-10H2,1-3H3,(H2,15,16,17,18);4-8,10H,9H2,1-3H3,(H2,14,15);4-8,10H,9H2,1-3H3,(H2,14,15,16,17);4-9H,1-3H3,(H2,13,14);4-9H,1-3H3,(H2,13,14,15,16). The van der Waals surface area contributed by atoms with Gasteiger partial charge in [-0.2, -0.15) is 0 Å². The molecule has 8 unspecified atom stereocenters. The van der Waals surface area contributed by atoms with Crippen LogP contribution in [0.4, 0.5) is 11.4 Å². The summed E-state index contributed by atoms with van der Waals surface area (Å²) >= 11 is 0. The van der Waals surface area contributed by atoms with E-state index in [4.69, 9.17) is 22.9 Å². The molecule has 0 fully saturated rings. The van der Waals surface area contributed by atoms with E-state index in [1.807, 2.05) is 273 Å². The topological polar surface area (TPSA) is 437 Å². The fraction of sp³-hybridized carbons (Fsp3) is 0.407. The molecule has 0 bridgehead atoms. The Morgan fingerprint density at radius 3 is 0.804 bits per heavy atom. The lowest BCUT2D eigenvalue weighted by Gasteiger charge is -2.32. The van der Waals surface area contributed by atoms with E-state index in [2.05, 4.69) is 286 Å². The molecule has 8 aromatic rings. The van der Waals surface area contributed by atoms with Crippen molar-refractivity contribution in [3.8, 4) is 0 Å². The van der Waals surface area contributed by atoms with Crippen LogP contribution in [0.5, 0.6) is 0 Å². The quantitative estimate of drug-likeness (QED) is 0.0338. The minimum atomic E-state index is -0.132. The summed E-state index contributed by atoms with van der Waals surface area (Å²) in [6, 6.07) is 82.7. The van der Waals surface area contributed by atoms with Crippen LogP contribution in [-0.2, 0) is 38.8 Å². The van der Waals surface area contributed by atoms with Crippen molar-refractivity contribution in [1.29, 1.82) is 0 Å². The number of guanidine groups is 16. The first kappa shape index (κ1) is 115. The number of anilines is 2. The normalized spacial score (nSPS) is 19.9. The van der Waals surface area contributed by atoms with Gasteiger partial charge in [-0.05, 0) is 152 Å². The second kappa shape index (κ2) is 59.8. The second-order valence-electron chi connectivity index (χ2n) is 36.1. The molecule has 8 aliphatic heterocycles. The zero-order valence-electron chi connectivity index (χ0n) is 91.0. The molecule has 8 aliphatic rings. The fourth-order valence-corrected chi connectivity index (χ4v) is 15.6. The Hall–Kier alpha value is -16.3. The molecule has 792 valence electrons. The first-order valence-electron chi connectivity index (χ1n) is 50.1. The molecule has 0 spiro atoms. The molecule has 0 aliphatic carbocycles. The van der Waals surface area contributed by atoms with Crippen molar-refractivity contribution in [3.05, 3.63) is 276 Å². The molecule has 40 nitrogen and oxygen atoms in total. The highest BCUT2D eigenvalue weighted by atomic mass is 15.5. The van der Waals surface area contributed by atoms with Gasteiger partial charge in [-0.3, -0.25) is 60.8 Å². The molecule has 16 N–H and O–H groups in total. The van der Waals surface area contributed by atoms with Gasteiger partial charge in [0.05, 0.1) is 0 Å². The van der Waals surface area contributed by atoms with E-state index < -0.39 is 0 Å². The number of benzene rings is 8. The Morgan fingerprint density at radius 1 is 0.250 bits per heavy atom. The molecule has 0 radical (unpaired) electrons. The largest absolute Gasteiger partial charge is 0.369 e. The van der Waals surface area contributed by atoms with Gasteiger partial charge in [-0.25, -0.2) is 59.9 Å². The predicted octanol–water partition coefficient (Wildman–Crippen LogP) is 9.28. The van der Waals surface area contributed by atoms with Gasteiger partial charge in [0.1, 0.15) is 49.3 Å². The Balaban J connectivity index is 0.000000188. The SMILES string of the molecule is CC1N=C(N)N(C)C(N(C)CCCc2ccccc2)=N1.CC1N=C(N)N(C)C(N(C)CCc2ccccc2)=N1.CC1N=C(N)N(C)C(N(C)Cc2ccccc2)=N1.CC1N=C(N)N(C)C(N(C)c2ccccc2)=N1.CN=C1NC(N(C)CCCc2ccccc2)=NC(C)N1.CN=C1NC(N(C)CCc2ccccc2)=NC(C)N1.CN=C1NC(N(C)Cc2ccccc2)=NC(C)N1.CN=C1NC(N(C)c2ccccc2)=NC(C)N1.